The second-order valence-corrected chi connectivity index (χ2v) is 39.3. The minimum absolute atomic E-state index is 0.238. The fourth-order valence-electron chi connectivity index (χ4n) is 17.2. The molecule has 2 N–H and O–H groups in total. The van der Waals surface area contributed by atoms with Gasteiger partial charge in [-0.1, -0.05) is 351 Å². The predicted octanol–water partition coefficient (Wildman–Crippen LogP) is 31.5. The number of fused-ring (bicyclic) bond motifs is 12. The van der Waals surface area contributed by atoms with Gasteiger partial charge in [0.25, 0.3) is 0 Å². The Morgan fingerprint density at radius 2 is 0.549 bits per heavy atom. The highest BCUT2D eigenvalue weighted by Gasteiger charge is 2.64. The average Bonchev–Trinajstić information content (AvgIpc) is 1.59. The molecule has 0 amide bonds. The topological polar surface area (TPSA) is 92.2 Å². The van der Waals surface area contributed by atoms with E-state index in [4.69, 9.17) is 28.7 Å². The number of hydrogen-bond donors (Lipinski definition) is 2. The molecule has 3 aromatic heterocycles. The van der Waals surface area contributed by atoms with Crippen LogP contribution in [0.5, 0.6) is 0 Å². The molecule has 2 aliphatic heterocycles. The zero-order chi connectivity index (χ0) is 92.7. The van der Waals surface area contributed by atoms with Crippen molar-refractivity contribution >= 4 is 172 Å². The first-order valence-corrected chi connectivity index (χ1v) is 48.3. The summed E-state index contributed by atoms with van der Waals surface area (Å²) in [6.07, 6.45) is 1.10. The molecule has 1 aliphatic carbocycles. The van der Waals surface area contributed by atoms with Crippen LogP contribution in [0.2, 0.25) is 0 Å². The van der Waals surface area contributed by atoms with Crippen LogP contribution in [0.25, 0.3) is 138 Å². The van der Waals surface area contributed by atoms with Crippen molar-refractivity contribution < 1.29 is 33.1 Å². The van der Waals surface area contributed by atoms with Crippen molar-refractivity contribution in [3.8, 4) is 72.7 Å². The zero-order valence-corrected chi connectivity index (χ0v) is 82.8. The van der Waals surface area contributed by atoms with Gasteiger partial charge in [-0.15, -0.1) is 0 Å². The van der Waals surface area contributed by atoms with Crippen LogP contribution >= 0.6 is 79.6 Å². The Labute approximate surface area is 819 Å². The van der Waals surface area contributed by atoms with E-state index in [9.17, 15) is 4.39 Å². The lowest BCUT2D eigenvalue weighted by molar-refractivity contribution is 0.00578. The Morgan fingerprint density at radius 1 is 0.263 bits per heavy atom. The van der Waals surface area contributed by atoms with E-state index in [1.54, 1.807) is 36.4 Å². The Morgan fingerprint density at radius 3 is 0.902 bits per heavy atom. The number of benzene rings is 17. The van der Waals surface area contributed by atoms with Crippen LogP contribution in [0.15, 0.2) is 435 Å². The molecule has 0 atom stereocenters. The van der Waals surface area contributed by atoms with Crippen molar-refractivity contribution in [2.24, 2.45) is 0 Å². The van der Waals surface area contributed by atoms with Crippen LogP contribution in [0.3, 0.4) is 0 Å². The molecular formula is C115H96B3Br5FN3O6. The molecular weight excluding hydrogens is 1970 g/mol. The lowest BCUT2D eigenvalue weighted by Gasteiger charge is -2.32. The zero-order valence-electron chi connectivity index (χ0n) is 74.8. The first kappa shape index (κ1) is 93.2. The summed E-state index contributed by atoms with van der Waals surface area (Å²) in [6.45, 7) is 16.2. The highest BCUT2D eigenvalue weighted by Crippen LogP contribution is 2.46. The van der Waals surface area contributed by atoms with Gasteiger partial charge in [0.1, 0.15) is 5.82 Å². The van der Waals surface area contributed by atoms with E-state index >= 15 is 0 Å². The van der Waals surface area contributed by atoms with Gasteiger partial charge in [0, 0.05) is 61.3 Å². The molecule has 0 saturated carbocycles. The fourth-order valence-corrected chi connectivity index (χ4v) is 19.8. The summed E-state index contributed by atoms with van der Waals surface area (Å²) in [5.74, 6) is -0.238. The molecule has 17 aromatic carbocycles. The number of rotatable bonds is 9. The third-order valence-electron chi connectivity index (χ3n) is 25.3. The molecule has 133 heavy (non-hydrogen) atoms. The second kappa shape index (κ2) is 40.7. The van der Waals surface area contributed by atoms with E-state index in [1.807, 2.05) is 61.5 Å². The van der Waals surface area contributed by atoms with E-state index in [1.165, 1.54) is 150 Å². The molecule has 0 radical (unpaired) electrons. The average molecular weight is 2070 g/mol. The Bertz CT molecular complexity index is 7310. The molecule has 658 valence electrons. The number of hydrogen-bond acceptors (Lipinski definition) is 6. The molecule has 18 heteroatoms. The van der Waals surface area contributed by atoms with Crippen LogP contribution in [0.1, 0.15) is 66.5 Å². The largest absolute Gasteiger partial charge is 0.488 e. The van der Waals surface area contributed by atoms with Gasteiger partial charge in [0.05, 0.1) is 77.0 Å². The summed E-state index contributed by atoms with van der Waals surface area (Å²) in [6, 6.07) is 143. The van der Waals surface area contributed by atoms with Gasteiger partial charge < -0.3 is 42.4 Å². The Kier molecular flexibility index (Phi) is 28.5. The van der Waals surface area contributed by atoms with Crippen molar-refractivity contribution in [1.82, 2.24) is 13.7 Å². The monoisotopic (exact) mass is 2060 g/mol. The van der Waals surface area contributed by atoms with E-state index in [2.05, 4.69) is 457 Å². The SMILES string of the molecule is Brc1ccc(-n2c3ccccc3c3ccccc32)c(Br)c1.Brc1ccc2c(c1)c1ccccc1n2-c1ccc(-c2ccccc2)cc1-c1ccccc1.CC1(C)OB(B2OC(C)(C)C(C)(C)O2)OC1(C)C.Fc1ccc(Br)cc1Br.OB(O)c1ccccc1.c1ccc(-c2ccc(-n3c4ccccc4c4ccccc43)c(-c3ccccc3)c2)cc1.c1ccc2c(c1)Cc1ccccc1-2. The van der Waals surface area contributed by atoms with Gasteiger partial charge in [0.2, 0.25) is 0 Å². The van der Waals surface area contributed by atoms with Gasteiger partial charge in [0.15, 0.2) is 0 Å². The molecule has 2 saturated heterocycles. The van der Waals surface area contributed by atoms with Gasteiger partial charge in [-0.3, -0.25) is 0 Å². The smallest absolute Gasteiger partial charge is 0.423 e. The first-order valence-electron chi connectivity index (χ1n) is 44.3. The lowest BCUT2D eigenvalue weighted by Crippen LogP contribution is -2.41. The molecule has 20 aromatic rings. The van der Waals surface area contributed by atoms with Crippen molar-refractivity contribution in [1.29, 1.82) is 0 Å². The Balaban J connectivity index is 0.000000113. The maximum atomic E-state index is 12.4. The summed E-state index contributed by atoms with van der Waals surface area (Å²) in [5.41, 5.74) is 25.5. The van der Waals surface area contributed by atoms with Gasteiger partial charge in [-0.2, -0.15) is 0 Å². The number of nitrogens with zero attached hydrogens (tertiary/aromatic N) is 3. The first-order chi connectivity index (χ1) is 64.3. The molecule has 9 nitrogen and oxygen atoms in total. The van der Waals surface area contributed by atoms with Crippen LogP contribution in [-0.4, -0.2) is 67.3 Å². The van der Waals surface area contributed by atoms with Crippen molar-refractivity contribution in [2.75, 3.05) is 0 Å². The quantitative estimate of drug-likeness (QED) is 0.111. The van der Waals surface area contributed by atoms with Crippen LogP contribution in [-0.2, 0) is 25.0 Å². The molecule has 2 fully saturated rings. The standard InChI is InChI=1S/C30H20BrN.C30H21N.C18H11Br2N.C13H10.C12H24B2O4.C6H7BO2.C6H3Br2F/c31-24-16-18-30-27(20-24)25-13-7-8-14-28(25)32(30)29-17-15-23(21-9-3-1-4-10-21)19-26(29)22-11-5-2-6-12-22;1-3-11-22(12-4-1)24-19-20-30(27(21-24)23-13-5-2-6-14-23)31-28-17-9-7-15-25(28)26-16-8-10-18-29(26)31;19-12-9-10-18(15(20)11-12)21-16-7-3-1-5-13(16)14-6-2-4-8-17(14)21;1-3-7-12-10(5-1)9-11-6-2-4-8-13(11)12;1-9(2)10(3,4)16-13(15-9)14-17-11(5,6)12(7,8)18-14;8-7(9)6-4-2-1-3-5-6;7-4-1-2-6(9)5(8)3-4/h1-20H;1-21H;1-11H;1-8H,9H2;1-8H3;1-5,8-9H;1-3H. The summed E-state index contributed by atoms with van der Waals surface area (Å²) < 4.78 is 48.0. The highest BCUT2D eigenvalue weighted by atomic mass is 79.9. The van der Waals surface area contributed by atoms with Crippen molar-refractivity contribution in [3.05, 3.63) is 452 Å². The van der Waals surface area contributed by atoms with Crippen molar-refractivity contribution in [2.45, 2.75) is 84.2 Å². The third kappa shape index (κ3) is 20.3. The van der Waals surface area contributed by atoms with Crippen molar-refractivity contribution in [3.63, 3.8) is 0 Å². The predicted molar refractivity (Wildman–Crippen MR) is 572 cm³/mol. The lowest BCUT2D eigenvalue weighted by atomic mass is 9.49. The summed E-state index contributed by atoms with van der Waals surface area (Å²) >= 11 is 17.1. The van der Waals surface area contributed by atoms with E-state index < -0.39 is 21.1 Å². The van der Waals surface area contributed by atoms with E-state index in [-0.39, 0.29) is 28.2 Å². The van der Waals surface area contributed by atoms with Gasteiger partial charge in [-0.25, -0.2) is 4.39 Å². The molecule has 5 heterocycles. The van der Waals surface area contributed by atoms with E-state index in [0.29, 0.717) is 9.94 Å². The molecule has 23 rings (SSSR count). The van der Waals surface area contributed by atoms with Gasteiger partial charge >= 0.3 is 21.1 Å². The van der Waals surface area contributed by atoms with Crippen LogP contribution in [0, 0.1) is 5.82 Å². The summed E-state index contributed by atoms with van der Waals surface area (Å²) in [7, 11) is -2.29. The van der Waals surface area contributed by atoms with Gasteiger partial charge in [-0.05, 0) is 264 Å². The minimum Gasteiger partial charge on any atom is -0.423 e. The van der Waals surface area contributed by atoms with E-state index in [0.717, 1.165) is 30.0 Å². The fraction of sp³-hybridized carbons (Fsp3) is 0.113. The highest BCUT2D eigenvalue weighted by molar-refractivity contribution is 9.11. The molecule has 3 aliphatic rings. The molecule has 0 spiro atoms. The number of halogens is 6. The minimum atomic E-state index is -1.34. The van der Waals surface area contributed by atoms with Crippen LogP contribution < -0.4 is 5.46 Å². The summed E-state index contributed by atoms with van der Waals surface area (Å²) in [4.78, 5) is 0. The maximum absolute atomic E-state index is 12.4. The molecule has 0 bridgehead atoms. The third-order valence-corrected chi connectivity index (χ3v) is 28.0. The second-order valence-electron chi connectivity index (χ2n) is 34.9. The maximum Gasteiger partial charge on any atom is 0.488 e. The molecule has 0 unspecified atom stereocenters. The normalized spacial score (nSPS) is 13.9. The Hall–Kier alpha value is -11.6. The number of para-hydroxylation sites is 5. The van der Waals surface area contributed by atoms with Crippen LogP contribution in [0.4, 0.5) is 4.39 Å². The number of aromatic nitrogens is 3. The summed E-state index contributed by atoms with van der Waals surface area (Å²) in [5, 5.41) is 24.8.